The first kappa shape index (κ1) is 27.7. The predicted octanol–water partition coefficient (Wildman–Crippen LogP) is 5.74. The summed E-state index contributed by atoms with van der Waals surface area (Å²) in [6, 6.07) is 22.4. The number of ether oxygens (including phenoxy) is 1. The van der Waals surface area contributed by atoms with Crippen LogP contribution in [0.1, 0.15) is 10.4 Å². The highest BCUT2D eigenvalue weighted by Gasteiger charge is 2.14. The summed E-state index contributed by atoms with van der Waals surface area (Å²) in [5.41, 5.74) is 5.53. The lowest BCUT2D eigenvalue weighted by Crippen LogP contribution is -2.03. The standard InChI is InChI=1S/C32H24N8O4/c1-44-30(43)21-3-2-4-23(15-21)38-32-36-18-25(29(40-32)20-9-12-34-28(42)16-20)19-5-7-22(8-6-19)37-31-35-14-11-26(39-31)27-17-24(41)10-13-33-27/h2-18H,1H3,(H,33,41)(H,34,42)(H,35,37,39)(H,36,38,40). The Kier molecular flexibility index (Phi) is 7.69. The summed E-state index contributed by atoms with van der Waals surface area (Å²) in [5.74, 6) is 0.154. The summed E-state index contributed by atoms with van der Waals surface area (Å²) in [5, 5.41) is 26.2. The average Bonchev–Trinajstić information content (AvgIpc) is 3.05. The molecule has 0 amide bonds. The molecule has 6 rings (SSSR count). The van der Waals surface area contributed by atoms with Crippen molar-refractivity contribution in [2.75, 3.05) is 17.7 Å². The second-order valence-electron chi connectivity index (χ2n) is 9.42. The van der Waals surface area contributed by atoms with Gasteiger partial charge in [0.15, 0.2) is 0 Å². The van der Waals surface area contributed by atoms with E-state index >= 15 is 0 Å². The number of methoxy groups -OCH3 is 1. The SMILES string of the molecule is COC(=O)c1cccc(Nc2ncc(-c3ccc(Nc4nccc(-c5cc(O)ccn5)n4)cc3)c(-c3ccnc(O)c3)n2)c1. The van der Waals surface area contributed by atoms with E-state index in [1.54, 1.807) is 48.8 Å². The minimum atomic E-state index is -0.455. The van der Waals surface area contributed by atoms with Gasteiger partial charge in [0.1, 0.15) is 5.75 Å². The second kappa shape index (κ2) is 12.2. The fourth-order valence-corrected chi connectivity index (χ4v) is 4.39. The van der Waals surface area contributed by atoms with Gasteiger partial charge < -0.3 is 25.6 Å². The van der Waals surface area contributed by atoms with Crippen LogP contribution in [0.25, 0.3) is 33.8 Å². The van der Waals surface area contributed by atoms with Crippen molar-refractivity contribution in [3.63, 3.8) is 0 Å². The van der Waals surface area contributed by atoms with Crippen molar-refractivity contribution in [1.82, 2.24) is 29.9 Å². The molecule has 4 aromatic heterocycles. The Morgan fingerprint density at radius 2 is 1.48 bits per heavy atom. The maximum absolute atomic E-state index is 12.0. The Hall–Kier alpha value is -6.43. The van der Waals surface area contributed by atoms with E-state index in [1.807, 2.05) is 24.3 Å². The third-order valence-corrected chi connectivity index (χ3v) is 6.46. The molecule has 44 heavy (non-hydrogen) atoms. The van der Waals surface area contributed by atoms with Gasteiger partial charge in [-0.3, -0.25) is 4.98 Å². The van der Waals surface area contributed by atoms with Crippen LogP contribution in [0, 0.1) is 0 Å². The first-order valence-corrected chi connectivity index (χ1v) is 13.3. The zero-order valence-electron chi connectivity index (χ0n) is 23.2. The van der Waals surface area contributed by atoms with Crippen molar-refractivity contribution in [1.29, 1.82) is 0 Å². The highest BCUT2D eigenvalue weighted by molar-refractivity contribution is 5.90. The minimum absolute atomic E-state index is 0.0978. The lowest BCUT2D eigenvalue weighted by atomic mass is 10.0. The van der Waals surface area contributed by atoms with E-state index in [0.29, 0.717) is 51.4 Å². The van der Waals surface area contributed by atoms with Crippen molar-refractivity contribution in [3.05, 3.63) is 109 Å². The van der Waals surface area contributed by atoms with Gasteiger partial charge in [-0.05, 0) is 54.1 Å². The summed E-state index contributed by atoms with van der Waals surface area (Å²) in [4.78, 5) is 38.2. The fraction of sp³-hybridized carbons (Fsp3) is 0.0312. The van der Waals surface area contributed by atoms with E-state index in [9.17, 15) is 15.0 Å². The zero-order chi connectivity index (χ0) is 30.5. The Bertz CT molecular complexity index is 1970. The third kappa shape index (κ3) is 6.24. The van der Waals surface area contributed by atoms with Crippen LogP contribution in [0.5, 0.6) is 11.6 Å². The molecule has 0 fully saturated rings. The van der Waals surface area contributed by atoms with E-state index < -0.39 is 5.97 Å². The predicted molar refractivity (Wildman–Crippen MR) is 164 cm³/mol. The highest BCUT2D eigenvalue weighted by Crippen LogP contribution is 2.33. The van der Waals surface area contributed by atoms with Gasteiger partial charge in [0.2, 0.25) is 17.8 Å². The summed E-state index contributed by atoms with van der Waals surface area (Å²) in [6.07, 6.45) is 6.30. The zero-order valence-corrected chi connectivity index (χ0v) is 23.2. The topological polar surface area (TPSA) is 168 Å². The molecule has 0 bridgehead atoms. The molecule has 6 aromatic rings. The summed E-state index contributed by atoms with van der Waals surface area (Å²) in [7, 11) is 1.32. The molecule has 216 valence electrons. The molecule has 0 unspecified atom stereocenters. The number of anilines is 4. The van der Waals surface area contributed by atoms with Crippen LogP contribution in [0.2, 0.25) is 0 Å². The smallest absolute Gasteiger partial charge is 0.337 e. The molecular weight excluding hydrogens is 560 g/mol. The van der Waals surface area contributed by atoms with Crippen LogP contribution >= 0.6 is 0 Å². The molecular formula is C32H24N8O4. The second-order valence-corrected chi connectivity index (χ2v) is 9.42. The molecule has 0 aliphatic carbocycles. The lowest BCUT2D eigenvalue weighted by molar-refractivity contribution is 0.0600. The Morgan fingerprint density at radius 1 is 0.705 bits per heavy atom. The average molecular weight is 585 g/mol. The number of carbonyl (C=O) groups is 1. The summed E-state index contributed by atoms with van der Waals surface area (Å²) >= 11 is 0. The molecule has 0 aliphatic rings. The van der Waals surface area contributed by atoms with Crippen LogP contribution < -0.4 is 10.6 Å². The normalized spacial score (nSPS) is 10.7. The Morgan fingerprint density at radius 3 is 2.27 bits per heavy atom. The van der Waals surface area contributed by atoms with Crippen LogP contribution in [0.15, 0.2) is 104 Å². The number of hydrogen-bond donors (Lipinski definition) is 4. The fourth-order valence-electron chi connectivity index (χ4n) is 4.39. The van der Waals surface area contributed by atoms with Gasteiger partial charge in [0.25, 0.3) is 0 Å². The first-order valence-electron chi connectivity index (χ1n) is 13.3. The minimum Gasteiger partial charge on any atom is -0.508 e. The Balaban J connectivity index is 1.29. The lowest BCUT2D eigenvalue weighted by Gasteiger charge is -2.13. The third-order valence-electron chi connectivity index (χ3n) is 6.46. The molecule has 0 aliphatic heterocycles. The number of carbonyl (C=O) groups excluding carboxylic acids is 1. The molecule has 4 heterocycles. The number of esters is 1. The number of nitrogens with zero attached hydrogens (tertiary/aromatic N) is 6. The molecule has 0 saturated carbocycles. The van der Waals surface area contributed by atoms with E-state index in [1.165, 1.54) is 37.7 Å². The monoisotopic (exact) mass is 584 g/mol. The van der Waals surface area contributed by atoms with Crippen LogP contribution in [0.4, 0.5) is 23.3 Å². The number of benzene rings is 2. The number of aromatic nitrogens is 6. The van der Waals surface area contributed by atoms with Gasteiger partial charge >= 0.3 is 5.97 Å². The largest absolute Gasteiger partial charge is 0.508 e. The summed E-state index contributed by atoms with van der Waals surface area (Å²) < 4.78 is 4.81. The van der Waals surface area contributed by atoms with Gasteiger partial charge in [0.05, 0.1) is 29.8 Å². The van der Waals surface area contributed by atoms with Crippen molar-refractivity contribution in [2.24, 2.45) is 0 Å². The molecule has 12 heteroatoms. The number of nitrogens with one attached hydrogen (secondary N) is 2. The maximum Gasteiger partial charge on any atom is 0.337 e. The molecule has 0 saturated heterocycles. The quantitative estimate of drug-likeness (QED) is 0.160. The van der Waals surface area contributed by atoms with Crippen molar-refractivity contribution in [3.8, 4) is 45.4 Å². The van der Waals surface area contributed by atoms with Crippen LogP contribution in [-0.4, -0.2) is 53.2 Å². The molecule has 0 radical (unpaired) electrons. The van der Waals surface area contributed by atoms with Crippen LogP contribution in [-0.2, 0) is 4.74 Å². The molecule has 0 atom stereocenters. The molecule has 2 aromatic carbocycles. The summed E-state index contributed by atoms with van der Waals surface area (Å²) in [6.45, 7) is 0. The van der Waals surface area contributed by atoms with E-state index in [-0.39, 0.29) is 11.6 Å². The molecule has 0 spiro atoms. The number of pyridine rings is 2. The maximum atomic E-state index is 12.0. The van der Waals surface area contributed by atoms with E-state index in [0.717, 1.165) is 11.3 Å². The Labute approximate surface area is 251 Å². The number of rotatable bonds is 8. The van der Waals surface area contributed by atoms with E-state index in [4.69, 9.17) is 9.72 Å². The van der Waals surface area contributed by atoms with Crippen molar-refractivity contribution >= 4 is 29.2 Å². The molecule has 12 nitrogen and oxygen atoms in total. The van der Waals surface area contributed by atoms with Gasteiger partial charge in [-0.1, -0.05) is 18.2 Å². The van der Waals surface area contributed by atoms with Crippen molar-refractivity contribution < 1.29 is 19.7 Å². The van der Waals surface area contributed by atoms with Gasteiger partial charge in [0, 0.05) is 59.4 Å². The number of hydrogen-bond acceptors (Lipinski definition) is 12. The van der Waals surface area contributed by atoms with Gasteiger partial charge in [-0.25, -0.2) is 29.7 Å². The number of aromatic hydroxyl groups is 2. The van der Waals surface area contributed by atoms with Crippen molar-refractivity contribution in [2.45, 2.75) is 0 Å². The van der Waals surface area contributed by atoms with Crippen LogP contribution in [0.3, 0.4) is 0 Å². The van der Waals surface area contributed by atoms with E-state index in [2.05, 4.69) is 35.6 Å². The van der Waals surface area contributed by atoms with Gasteiger partial charge in [-0.15, -0.1) is 0 Å². The van der Waals surface area contributed by atoms with Gasteiger partial charge in [-0.2, -0.15) is 0 Å². The molecule has 4 N–H and O–H groups in total. The first-order chi connectivity index (χ1) is 21.4. The highest BCUT2D eigenvalue weighted by atomic mass is 16.5.